The number of anilines is 1. The summed E-state index contributed by atoms with van der Waals surface area (Å²) in [6.45, 7) is 2.33. The van der Waals surface area contributed by atoms with Crippen LogP contribution in [0, 0.1) is 0 Å². The van der Waals surface area contributed by atoms with Gasteiger partial charge < -0.3 is 20.7 Å². The molecule has 0 spiro atoms. The molecule has 6 nitrogen and oxygen atoms in total. The van der Waals surface area contributed by atoms with Crippen molar-refractivity contribution in [3.63, 3.8) is 0 Å². The van der Waals surface area contributed by atoms with Crippen LogP contribution in [0.1, 0.15) is 28.8 Å². The standard InChI is InChI=1S/C20H23N3O3/c21-11-13-26-18-9-7-17(8-10-18)22-20(25)16-5-3-15(4-6-16)14-23-12-1-2-19(23)24/h3-10H,1-2,11-14,21H2,(H,22,25). The van der Waals surface area contributed by atoms with Crippen molar-refractivity contribution in [3.8, 4) is 5.75 Å². The number of likely N-dealkylation sites (tertiary alicyclic amines) is 1. The summed E-state index contributed by atoms with van der Waals surface area (Å²) in [5.41, 5.74) is 7.69. The Morgan fingerprint density at radius 1 is 1.12 bits per heavy atom. The molecule has 2 amide bonds. The summed E-state index contributed by atoms with van der Waals surface area (Å²) < 4.78 is 5.41. The molecule has 26 heavy (non-hydrogen) atoms. The van der Waals surface area contributed by atoms with E-state index < -0.39 is 0 Å². The summed E-state index contributed by atoms with van der Waals surface area (Å²) in [7, 11) is 0. The van der Waals surface area contributed by atoms with Gasteiger partial charge in [-0.25, -0.2) is 0 Å². The monoisotopic (exact) mass is 353 g/mol. The molecule has 2 aromatic carbocycles. The maximum atomic E-state index is 12.4. The van der Waals surface area contributed by atoms with Crippen LogP contribution in [0.2, 0.25) is 0 Å². The fourth-order valence-corrected chi connectivity index (χ4v) is 2.87. The van der Waals surface area contributed by atoms with Crippen LogP contribution in [0.4, 0.5) is 5.69 Å². The Bertz CT molecular complexity index is 757. The van der Waals surface area contributed by atoms with Gasteiger partial charge in [0.25, 0.3) is 5.91 Å². The van der Waals surface area contributed by atoms with E-state index >= 15 is 0 Å². The molecule has 0 aliphatic carbocycles. The molecule has 1 saturated heterocycles. The molecule has 0 radical (unpaired) electrons. The van der Waals surface area contributed by atoms with Crippen LogP contribution in [0.5, 0.6) is 5.75 Å². The fraction of sp³-hybridized carbons (Fsp3) is 0.300. The van der Waals surface area contributed by atoms with Gasteiger partial charge >= 0.3 is 0 Å². The van der Waals surface area contributed by atoms with Crippen LogP contribution in [0.25, 0.3) is 0 Å². The zero-order valence-corrected chi connectivity index (χ0v) is 14.6. The lowest BCUT2D eigenvalue weighted by molar-refractivity contribution is -0.128. The summed E-state index contributed by atoms with van der Waals surface area (Å²) in [4.78, 5) is 25.9. The van der Waals surface area contributed by atoms with Crippen LogP contribution >= 0.6 is 0 Å². The van der Waals surface area contributed by atoms with Gasteiger partial charge in [0.1, 0.15) is 12.4 Å². The third-order valence-electron chi connectivity index (χ3n) is 4.26. The molecule has 1 aliphatic heterocycles. The van der Waals surface area contributed by atoms with Crippen LogP contribution in [-0.4, -0.2) is 36.4 Å². The first-order chi connectivity index (χ1) is 12.7. The Morgan fingerprint density at radius 3 is 2.46 bits per heavy atom. The molecule has 136 valence electrons. The van der Waals surface area contributed by atoms with Gasteiger partial charge in [0.15, 0.2) is 0 Å². The number of hydrogen-bond acceptors (Lipinski definition) is 4. The van der Waals surface area contributed by atoms with E-state index in [1.165, 1.54) is 0 Å². The lowest BCUT2D eigenvalue weighted by atomic mass is 10.1. The molecular weight excluding hydrogens is 330 g/mol. The molecule has 6 heteroatoms. The highest BCUT2D eigenvalue weighted by molar-refractivity contribution is 6.04. The topological polar surface area (TPSA) is 84.7 Å². The van der Waals surface area contributed by atoms with Crippen LogP contribution in [0.3, 0.4) is 0 Å². The minimum atomic E-state index is -0.176. The summed E-state index contributed by atoms with van der Waals surface area (Å²) >= 11 is 0. The van der Waals surface area contributed by atoms with Crippen molar-refractivity contribution in [1.82, 2.24) is 4.90 Å². The second-order valence-corrected chi connectivity index (χ2v) is 6.23. The third-order valence-corrected chi connectivity index (χ3v) is 4.26. The predicted octanol–water partition coefficient (Wildman–Crippen LogP) is 2.40. The molecule has 3 rings (SSSR count). The van der Waals surface area contributed by atoms with Gasteiger partial charge in [-0.05, 0) is 48.4 Å². The van der Waals surface area contributed by atoms with E-state index in [1.807, 2.05) is 17.0 Å². The van der Waals surface area contributed by atoms with E-state index in [9.17, 15) is 9.59 Å². The normalized spacial score (nSPS) is 13.7. The molecule has 1 aliphatic rings. The van der Waals surface area contributed by atoms with Crippen molar-refractivity contribution in [3.05, 3.63) is 59.7 Å². The number of nitrogens with zero attached hydrogens (tertiary/aromatic N) is 1. The van der Waals surface area contributed by atoms with Crippen molar-refractivity contribution >= 4 is 17.5 Å². The van der Waals surface area contributed by atoms with Gasteiger partial charge in [-0.3, -0.25) is 9.59 Å². The first-order valence-corrected chi connectivity index (χ1v) is 8.77. The number of nitrogens with one attached hydrogen (secondary N) is 1. The Morgan fingerprint density at radius 2 is 1.85 bits per heavy atom. The zero-order valence-electron chi connectivity index (χ0n) is 14.6. The minimum Gasteiger partial charge on any atom is -0.492 e. The average molecular weight is 353 g/mol. The van der Waals surface area contributed by atoms with Gasteiger partial charge in [-0.2, -0.15) is 0 Å². The zero-order chi connectivity index (χ0) is 18.4. The Kier molecular flexibility index (Phi) is 5.86. The van der Waals surface area contributed by atoms with Crippen LogP contribution < -0.4 is 15.8 Å². The van der Waals surface area contributed by atoms with Crippen LogP contribution in [-0.2, 0) is 11.3 Å². The molecule has 0 bridgehead atoms. The van der Waals surface area contributed by atoms with Gasteiger partial charge in [0.2, 0.25) is 5.91 Å². The average Bonchev–Trinajstić information content (AvgIpc) is 3.06. The highest BCUT2D eigenvalue weighted by Crippen LogP contribution is 2.18. The molecule has 2 aromatic rings. The Hall–Kier alpha value is -2.86. The number of amides is 2. The fourth-order valence-electron chi connectivity index (χ4n) is 2.87. The number of rotatable bonds is 7. The molecule has 0 unspecified atom stereocenters. The molecule has 0 atom stereocenters. The van der Waals surface area contributed by atoms with Crippen molar-refractivity contribution < 1.29 is 14.3 Å². The smallest absolute Gasteiger partial charge is 0.255 e. The predicted molar refractivity (Wildman–Crippen MR) is 100 cm³/mol. The van der Waals surface area contributed by atoms with Crippen molar-refractivity contribution in [1.29, 1.82) is 0 Å². The summed E-state index contributed by atoms with van der Waals surface area (Å²) in [6, 6.07) is 14.5. The third kappa shape index (κ3) is 4.61. The SMILES string of the molecule is NCCOc1ccc(NC(=O)c2ccc(CN3CCCC3=O)cc2)cc1. The first kappa shape index (κ1) is 17.9. The molecule has 3 N–H and O–H groups in total. The lowest BCUT2D eigenvalue weighted by Gasteiger charge is -2.15. The number of ether oxygens (including phenoxy) is 1. The lowest BCUT2D eigenvalue weighted by Crippen LogP contribution is -2.23. The van der Waals surface area contributed by atoms with E-state index in [4.69, 9.17) is 10.5 Å². The highest BCUT2D eigenvalue weighted by Gasteiger charge is 2.20. The number of hydrogen-bond donors (Lipinski definition) is 2. The Labute approximate surface area is 152 Å². The second kappa shape index (κ2) is 8.49. The Balaban J connectivity index is 1.56. The quantitative estimate of drug-likeness (QED) is 0.800. The second-order valence-electron chi connectivity index (χ2n) is 6.23. The van der Waals surface area contributed by atoms with Crippen LogP contribution in [0.15, 0.2) is 48.5 Å². The number of carbonyl (C=O) groups excluding carboxylic acids is 2. The highest BCUT2D eigenvalue weighted by atomic mass is 16.5. The molecule has 1 heterocycles. The maximum absolute atomic E-state index is 12.4. The number of carbonyl (C=O) groups is 2. The minimum absolute atomic E-state index is 0.176. The molecule has 0 aromatic heterocycles. The van der Waals surface area contributed by atoms with Gasteiger partial charge in [-0.1, -0.05) is 12.1 Å². The van der Waals surface area contributed by atoms with Gasteiger partial charge in [0, 0.05) is 37.3 Å². The molecule has 0 saturated carbocycles. The summed E-state index contributed by atoms with van der Waals surface area (Å²) in [5, 5.41) is 2.86. The first-order valence-electron chi connectivity index (χ1n) is 8.77. The van der Waals surface area contributed by atoms with E-state index in [0.717, 1.165) is 18.5 Å². The van der Waals surface area contributed by atoms with Crippen molar-refractivity contribution in [2.75, 3.05) is 25.0 Å². The van der Waals surface area contributed by atoms with E-state index in [2.05, 4.69) is 5.32 Å². The van der Waals surface area contributed by atoms with Crippen molar-refractivity contribution in [2.24, 2.45) is 5.73 Å². The number of nitrogens with two attached hydrogens (primary N) is 1. The summed E-state index contributed by atoms with van der Waals surface area (Å²) in [5.74, 6) is 0.740. The summed E-state index contributed by atoms with van der Waals surface area (Å²) in [6.07, 6.45) is 1.56. The van der Waals surface area contributed by atoms with Gasteiger partial charge in [-0.15, -0.1) is 0 Å². The largest absolute Gasteiger partial charge is 0.492 e. The van der Waals surface area contributed by atoms with E-state index in [0.29, 0.717) is 43.1 Å². The van der Waals surface area contributed by atoms with E-state index in [1.54, 1.807) is 36.4 Å². The number of benzene rings is 2. The maximum Gasteiger partial charge on any atom is 0.255 e. The van der Waals surface area contributed by atoms with Crippen molar-refractivity contribution in [2.45, 2.75) is 19.4 Å². The molecule has 1 fully saturated rings. The van der Waals surface area contributed by atoms with Gasteiger partial charge in [0.05, 0.1) is 0 Å². The van der Waals surface area contributed by atoms with E-state index in [-0.39, 0.29) is 11.8 Å². The molecular formula is C20H23N3O3.